The van der Waals surface area contributed by atoms with E-state index in [4.69, 9.17) is 11.0 Å². The van der Waals surface area contributed by atoms with Crippen LogP contribution in [-0.2, 0) is 4.79 Å². The van der Waals surface area contributed by atoms with Crippen LogP contribution in [0.5, 0.6) is 0 Å². The standard InChI is InChI=1S/C22H21N5O/c1-12-4-6-25-10-17(12)14-7-15-9-20(26-11-18(15)19(24)8-14)27-22(28)21-13(2)16(21)3-5-23/h4,6-11,13,16,21H,3,24H2,1-2H3,(H,26,27,28)/t13?,16?,21-/m0/s1. The van der Waals surface area contributed by atoms with Crippen LogP contribution in [0.1, 0.15) is 18.9 Å². The molecule has 2 unspecified atom stereocenters. The summed E-state index contributed by atoms with van der Waals surface area (Å²) < 4.78 is 0. The molecule has 1 saturated carbocycles. The number of benzene rings is 1. The summed E-state index contributed by atoms with van der Waals surface area (Å²) in [6, 6.07) is 9.90. The van der Waals surface area contributed by atoms with Gasteiger partial charge in [0.25, 0.3) is 0 Å². The maximum absolute atomic E-state index is 12.5. The van der Waals surface area contributed by atoms with Crippen molar-refractivity contribution in [2.24, 2.45) is 17.8 Å². The first-order valence-electron chi connectivity index (χ1n) is 9.27. The average molecular weight is 371 g/mol. The Bertz CT molecular complexity index is 1120. The van der Waals surface area contributed by atoms with E-state index in [2.05, 4.69) is 21.4 Å². The molecule has 0 saturated heterocycles. The zero-order valence-electron chi connectivity index (χ0n) is 15.8. The Balaban J connectivity index is 1.64. The number of nitrogen functional groups attached to an aromatic ring is 1. The molecule has 2 aromatic heterocycles. The maximum atomic E-state index is 12.5. The largest absolute Gasteiger partial charge is 0.398 e. The second kappa shape index (κ2) is 6.93. The monoisotopic (exact) mass is 371 g/mol. The van der Waals surface area contributed by atoms with E-state index in [0.29, 0.717) is 17.9 Å². The smallest absolute Gasteiger partial charge is 0.229 e. The van der Waals surface area contributed by atoms with Crippen molar-refractivity contribution in [1.29, 1.82) is 5.26 Å². The summed E-state index contributed by atoms with van der Waals surface area (Å²) in [6.07, 6.45) is 5.68. The Kier molecular flexibility index (Phi) is 4.44. The zero-order valence-corrected chi connectivity index (χ0v) is 15.8. The molecule has 1 fully saturated rings. The summed E-state index contributed by atoms with van der Waals surface area (Å²) in [7, 11) is 0. The van der Waals surface area contributed by atoms with Gasteiger partial charge in [-0.1, -0.05) is 6.92 Å². The number of rotatable bonds is 4. The van der Waals surface area contributed by atoms with Crippen molar-refractivity contribution in [3.05, 3.63) is 48.4 Å². The van der Waals surface area contributed by atoms with Crippen molar-refractivity contribution in [3.8, 4) is 17.2 Å². The lowest BCUT2D eigenvalue weighted by Crippen LogP contribution is -2.16. The highest BCUT2D eigenvalue weighted by atomic mass is 16.2. The van der Waals surface area contributed by atoms with Crippen molar-refractivity contribution in [1.82, 2.24) is 9.97 Å². The first-order valence-corrected chi connectivity index (χ1v) is 9.27. The number of anilines is 2. The van der Waals surface area contributed by atoms with Crippen molar-refractivity contribution in [2.45, 2.75) is 20.3 Å². The highest BCUT2D eigenvalue weighted by molar-refractivity contribution is 6.00. The van der Waals surface area contributed by atoms with Crippen LogP contribution >= 0.6 is 0 Å². The van der Waals surface area contributed by atoms with Crippen LogP contribution in [-0.4, -0.2) is 15.9 Å². The normalized spacial score (nSPS) is 20.5. The number of carbonyl (C=O) groups excluding carboxylic acids is 1. The van der Waals surface area contributed by atoms with Gasteiger partial charge in [0.2, 0.25) is 5.91 Å². The number of aromatic nitrogens is 2. The van der Waals surface area contributed by atoms with Gasteiger partial charge >= 0.3 is 0 Å². The molecule has 1 aliphatic rings. The van der Waals surface area contributed by atoms with Gasteiger partial charge in [0.15, 0.2) is 0 Å². The molecular formula is C22H21N5O. The predicted molar refractivity (Wildman–Crippen MR) is 109 cm³/mol. The molecule has 28 heavy (non-hydrogen) atoms. The van der Waals surface area contributed by atoms with Crippen LogP contribution in [0.15, 0.2) is 42.9 Å². The number of nitrogens with zero attached hydrogens (tertiary/aromatic N) is 3. The molecule has 3 aromatic rings. The van der Waals surface area contributed by atoms with Gasteiger partial charge in [0, 0.05) is 47.6 Å². The van der Waals surface area contributed by atoms with E-state index in [1.807, 2.05) is 44.3 Å². The molecular weight excluding hydrogens is 350 g/mol. The summed E-state index contributed by atoms with van der Waals surface area (Å²) in [4.78, 5) is 21.1. The minimum absolute atomic E-state index is 0.0770. The number of amides is 1. The molecule has 1 aliphatic carbocycles. The SMILES string of the molecule is Cc1ccncc1-c1cc(N)c2cnc(NC(=O)[C@H]3C(C)C3CC#N)cc2c1. The van der Waals surface area contributed by atoms with Crippen molar-refractivity contribution < 1.29 is 4.79 Å². The number of hydrogen-bond acceptors (Lipinski definition) is 5. The molecule has 3 atom stereocenters. The first-order chi connectivity index (χ1) is 13.5. The van der Waals surface area contributed by atoms with Gasteiger partial charge in [-0.15, -0.1) is 0 Å². The molecule has 6 heteroatoms. The van der Waals surface area contributed by atoms with Gasteiger partial charge in [-0.25, -0.2) is 4.98 Å². The topological polar surface area (TPSA) is 105 Å². The van der Waals surface area contributed by atoms with Gasteiger partial charge < -0.3 is 11.1 Å². The molecule has 4 rings (SSSR count). The number of nitriles is 1. The van der Waals surface area contributed by atoms with Gasteiger partial charge in [0.05, 0.1) is 6.07 Å². The van der Waals surface area contributed by atoms with Crippen LogP contribution in [0.3, 0.4) is 0 Å². The van der Waals surface area contributed by atoms with E-state index in [-0.39, 0.29) is 23.7 Å². The molecule has 1 amide bonds. The van der Waals surface area contributed by atoms with Crippen LogP contribution in [0.25, 0.3) is 21.9 Å². The third-order valence-corrected chi connectivity index (χ3v) is 5.66. The number of nitrogens with one attached hydrogen (secondary N) is 1. The number of hydrogen-bond donors (Lipinski definition) is 2. The fraction of sp³-hybridized carbons (Fsp3) is 0.273. The second-order valence-corrected chi connectivity index (χ2v) is 7.45. The van der Waals surface area contributed by atoms with Crippen LogP contribution in [0, 0.1) is 36.0 Å². The second-order valence-electron chi connectivity index (χ2n) is 7.45. The Hall–Kier alpha value is -3.46. The zero-order chi connectivity index (χ0) is 19.8. The van der Waals surface area contributed by atoms with Gasteiger partial charge in [-0.05, 0) is 59.5 Å². The molecule has 1 aromatic carbocycles. The molecule has 0 bridgehead atoms. The fourth-order valence-corrected chi connectivity index (χ4v) is 3.88. The highest BCUT2D eigenvalue weighted by Gasteiger charge is 2.51. The lowest BCUT2D eigenvalue weighted by Gasteiger charge is -2.11. The van der Waals surface area contributed by atoms with E-state index in [1.165, 1.54) is 0 Å². The summed E-state index contributed by atoms with van der Waals surface area (Å²) >= 11 is 0. The quantitative estimate of drug-likeness (QED) is 0.676. The number of aryl methyl sites for hydroxylation is 1. The van der Waals surface area contributed by atoms with E-state index in [0.717, 1.165) is 27.5 Å². The summed E-state index contributed by atoms with van der Waals surface area (Å²) in [5.41, 5.74) is 9.98. The van der Waals surface area contributed by atoms with Gasteiger partial charge in [-0.3, -0.25) is 9.78 Å². The lowest BCUT2D eigenvalue weighted by atomic mass is 9.99. The van der Waals surface area contributed by atoms with Gasteiger partial charge in [-0.2, -0.15) is 5.26 Å². The number of nitrogens with two attached hydrogens (primary N) is 1. The molecule has 0 spiro atoms. The van der Waals surface area contributed by atoms with Crippen molar-refractivity contribution >= 4 is 28.2 Å². The number of carbonyl (C=O) groups is 1. The van der Waals surface area contributed by atoms with Crippen LogP contribution < -0.4 is 11.1 Å². The van der Waals surface area contributed by atoms with Crippen LogP contribution in [0.4, 0.5) is 11.5 Å². The molecule has 6 nitrogen and oxygen atoms in total. The molecule has 2 heterocycles. The Morgan fingerprint density at radius 2 is 2.14 bits per heavy atom. The summed E-state index contributed by atoms with van der Waals surface area (Å²) in [6.45, 7) is 4.04. The maximum Gasteiger partial charge on any atom is 0.229 e. The van der Waals surface area contributed by atoms with Crippen molar-refractivity contribution in [2.75, 3.05) is 11.1 Å². The van der Waals surface area contributed by atoms with Crippen molar-refractivity contribution in [3.63, 3.8) is 0 Å². The third kappa shape index (κ3) is 3.16. The van der Waals surface area contributed by atoms with E-state index in [1.54, 1.807) is 12.4 Å². The Labute approximate surface area is 163 Å². The molecule has 0 aliphatic heterocycles. The average Bonchev–Trinajstić information content (AvgIpc) is 3.31. The molecule has 0 radical (unpaired) electrons. The highest BCUT2D eigenvalue weighted by Crippen LogP contribution is 2.48. The first kappa shape index (κ1) is 17.9. The number of fused-ring (bicyclic) bond motifs is 1. The lowest BCUT2D eigenvalue weighted by molar-refractivity contribution is -0.117. The molecule has 3 N–H and O–H groups in total. The Morgan fingerprint density at radius 3 is 2.89 bits per heavy atom. The summed E-state index contributed by atoms with van der Waals surface area (Å²) in [5.74, 6) is 0.669. The van der Waals surface area contributed by atoms with E-state index in [9.17, 15) is 4.79 Å². The predicted octanol–water partition coefficient (Wildman–Crippen LogP) is 3.92. The minimum atomic E-state index is -0.119. The fourth-order valence-electron chi connectivity index (χ4n) is 3.88. The van der Waals surface area contributed by atoms with Gasteiger partial charge in [0.1, 0.15) is 5.82 Å². The summed E-state index contributed by atoms with van der Waals surface area (Å²) in [5, 5.41) is 13.5. The Morgan fingerprint density at radius 1 is 1.32 bits per heavy atom. The third-order valence-electron chi connectivity index (χ3n) is 5.66. The minimum Gasteiger partial charge on any atom is -0.398 e. The van der Waals surface area contributed by atoms with E-state index >= 15 is 0 Å². The van der Waals surface area contributed by atoms with Crippen LogP contribution in [0.2, 0.25) is 0 Å². The number of pyridine rings is 2. The van der Waals surface area contributed by atoms with E-state index < -0.39 is 0 Å². The molecule has 140 valence electrons.